The Morgan fingerprint density at radius 2 is 1.06 bits per heavy atom. The molecule has 34 heavy (non-hydrogen) atoms. The molecule has 4 rings (SSSR count). The molecule has 2 aromatic carbocycles. The molecular weight excluding hydrogens is 481 g/mol. The highest BCUT2D eigenvalue weighted by Crippen LogP contribution is 2.35. The van der Waals surface area contributed by atoms with E-state index in [9.17, 15) is 10.5 Å². The monoisotopic (exact) mass is 496 g/mol. The minimum absolute atomic E-state index is 0.372. The minimum Gasteiger partial charge on any atom is -0.232 e. The largest absolute Gasteiger partial charge is 0.232 e. The average molecular weight is 497 g/mol. The van der Waals surface area contributed by atoms with Gasteiger partial charge in [0.05, 0.1) is 11.4 Å². The van der Waals surface area contributed by atoms with Gasteiger partial charge in [-0.3, -0.25) is 0 Å². The zero-order chi connectivity index (χ0) is 24.1. The second kappa shape index (κ2) is 10.5. The van der Waals surface area contributed by atoms with Crippen LogP contribution in [0.3, 0.4) is 0 Å². The van der Waals surface area contributed by atoms with E-state index in [1.807, 2.05) is 60.7 Å². The zero-order valence-corrected chi connectivity index (χ0v) is 20.6. The number of nitrogens with zero attached hydrogens (tertiary/aromatic N) is 6. The van der Waals surface area contributed by atoms with E-state index in [0.29, 0.717) is 47.7 Å². The molecule has 0 N–H and O–H groups in total. The SMILES string of the molecule is Cc1nc(-c2ccccc2)nc(SC(=S)Sc2nc(-c3ccccc3)nc(C)c2C#N)c1C#N. The van der Waals surface area contributed by atoms with E-state index in [4.69, 9.17) is 12.2 Å². The van der Waals surface area contributed by atoms with Crippen molar-refractivity contribution in [2.24, 2.45) is 0 Å². The van der Waals surface area contributed by atoms with Gasteiger partial charge in [-0.1, -0.05) is 72.9 Å². The highest BCUT2D eigenvalue weighted by Gasteiger charge is 2.19. The van der Waals surface area contributed by atoms with Crippen molar-refractivity contribution in [1.29, 1.82) is 10.5 Å². The number of thiocarbonyl (C=S) groups is 1. The molecule has 0 unspecified atom stereocenters. The molecule has 0 aliphatic heterocycles. The van der Waals surface area contributed by atoms with Crippen molar-refractivity contribution in [3.63, 3.8) is 0 Å². The standard InChI is InChI=1S/C25H16N6S3/c1-15-19(13-26)23(30-21(28-15)17-9-5-3-6-10-17)33-25(32)34-24-20(14-27)16(2)29-22(31-24)18-11-7-4-8-12-18/h3-12H,1-2H3. The summed E-state index contributed by atoms with van der Waals surface area (Å²) < 4.78 is 0.460. The van der Waals surface area contributed by atoms with E-state index in [1.54, 1.807) is 13.8 Å². The van der Waals surface area contributed by atoms with E-state index in [-0.39, 0.29) is 0 Å². The van der Waals surface area contributed by atoms with Gasteiger partial charge >= 0.3 is 0 Å². The molecule has 0 aliphatic carbocycles. The van der Waals surface area contributed by atoms with Gasteiger partial charge in [0.2, 0.25) is 0 Å². The van der Waals surface area contributed by atoms with Gasteiger partial charge in [0.1, 0.15) is 36.8 Å². The summed E-state index contributed by atoms with van der Waals surface area (Å²) in [7, 11) is 0. The molecule has 0 bridgehead atoms. The molecular formula is C25H16N6S3. The molecule has 0 spiro atoms. The second-order valence-corrected chi connectivity index (χ2v) is 10.2. The van der Waals surface area contributed by atoms with Crippen molar-refractivity contribution >= 4 is 39.3 Å². The summed E-state index contributed by atoms with van der Waals surface area (Å²) in [4.78, 5) is 18.2. The summed E-state index contributed by atoms with van der Waals surface area (Å²) in [5.41, 5.74) is 3.60. The number of aromatic nitrogens is 4. The van der Waals surface area contributed by atoms with Crippen molar-refractivity contribution in [2.75, 3.05) is 0 Å². The highest BCUT2D eigenvalue weighted by atomic mass is 32.2. The first-order valence-corrected chi connectivity index (χ1v) is 12.1. The summed E-state index contributed by atoms with van der Waals surface area (Å²) in [5, 5.41) is 20.3. The molecule has 9 heteroatoms. The van der Waals surface area contributed by atoms with Crippen LogP contribution in [0.4, 0.5) is 0 Å². The first-order chi connectivity index (χ1) is 16.5. The van der Waals surface area contributed by atoms with Gasteiger partial charge in [0, 0.05) is 11.1 Å². The third-order valence-electron chi connectivity index (χ3n) is 4.76. The molecule has 0 saturated carbocycles. The molecule has 2 aromatic heterocycles. The van der Waals surface area contributed by atoms with Gasteiger partial charge in [-0.2, -0.15) is 10.5 Å². The maximum absolute atomic E-state index is 9.69. The molecule has 0 radical (unpaired) electrons. The lowest BCUT2D eigenvalue weighted by molar-refractivity contribution is 1.00. The summed E-state index contributed by atoms with van der Waals surface area (Å²) in [6.45, 7) is 3.56. The Balaban J connectivity index is 1.67. The fourth-order valence-electron chi connectivity index (χ4n) is 3.11. The van der Waals surface area contributed by atoms with Crippen LogP contribution in [0.2, 0.25) is 0 Å². The summed E-state index contributed by atoms with van der Waals surface area (Å²) >= 11 is 8.01. The number of nitriles is 2. The molecule has 2 heterocycles. The normalized spacial score (nSPS) is 10.4. The van der Waals surface area contributed by atoms with Gasteiger partial charge in [-0.15, -0.1) is 0 Å². The number of aryl methyl sites for hydroxylation is 2. The number of thioether (sulfide) groups is 2. The predicted octanol–water partition coefficient (Wildman–Crippen LogP) is 6.13. The molecule has 0 aliphatic rings. The third-order valence-corrected chi connectivity index (χ3v) is 7.07. The van der Waals surface area contributed by atoms with E-state index in [0.717, 1.165) is 11.1 Å². The molecule has 0 amide bonds. The van der Waals surface area contributed by atoms with E-state index < -0.39 is 0 Å². The van der Waals surface area contributed by atoms with E-state index in [1.165, 1.54) is 23.5 Å². The lowest BCUT2D eigenvalue weighted by Gasteiger charge is -2.11. The fraction of sp³-hybridized carbons (Fsp3) is 0.0800. The maximum atomic E-state index is 9.69. The molecule has 0 fully saturated rings. The van der Waals surface area contributed by atoms with Crippen molar-refractivity contribution in [1.82, 2.24) is 19.9 Å². The van der Waals surface area contributed by atoms with Gasteiger partial charge in [-0.05, 0) is 37.4 Å². The van der Waals surface area contributed by atoms with Crippen molar-refractivity contribution in [3.05, 3.63) is 83.2 Å². The predicted molar refractivity (Wildman–Crippen MR) is 138 cm³/mol. The van der Waals surface area contributed by atoms with Crippen molar-refractivity contribution in [3.8, 4) is 34.9 Å². The minimum atomic E-state index is 0.372. The van der Waals surface area contributed by atoms with Crippen LogP contribution in [-0.4, -0.2) is 23.5 Å². The van der Waals surface area contributed by atoms with E-state index >= 15 is 0 Å². The first kappa shape index (κ1) is 23.5. The summed E-state index contributed by atoms with van der Waals surface area (Å²) in [6, 6.07) is 23.5. The Morgan fingerprint density at radius 3 is 1.41 bits per heavy atom. The van der Waals surface area contributed by atoms with Gasteiger partial charge in [0.25, 0.3) is 0 Å². The maximum Gasteiger partial charge on any atom is 0.160 e. The van der Waals surface area contributed by atoms with Crippen LogP contribution in [0.15, 0.2) is 70.7 Å². The molecule has 0 saturated heterocycles. The summed E-state index contributed by atoms with van der Waals surface area (Å²) in [5.74, 6) is 1.05. The van der Waals surface area contributed by atoms with Crippen LogP contribution in [-0.2, 0) is 0 Å². The van der Waals surface area contributed by atoms with Crippen LogP contribution in [0.1, 0.15) is 22.5 Å². The van der Waals surface area contributed by atoms with Gasteiger partial charge in [-0.25, -0.2) is 19.9 Å². The molecule has 164 valence electrons. The van der Waals surface area contributed by atoms with Crippen LogP contribution >= 0.6 is 35.7 Å². The Kier molecular flexibility index (Phi) is 7.29. The van der Waals surface area contributed by atoms with Crippen LogP contribution in [0.25, 0.3) is 22.8 Å². The quantitative estimate of drug-likeness (QED) is 0.188. The average Bonchev–Trinajstić information content (AvgIpc) is 2.84. The van der Waals surface area contributed by atoms with Gasteiger partial charge < -0.3 is 0 Å². The Labute approximate surface area is 211 Å². The number of hydrogen-bond acceptors (Lipinski definition) is 9. The topological polar surface area (TPSA) is 99.1 Å². The van der Waals surface area contributed by atoms with E-state index in [2.05, 4.69) is 32.1 Å². The fourth-order valence-corrected chi connectivity index (χ4v) is 5.39. The number of rotatable bonds is 4. The first-order valence-electron chi connectivity index (χ1n) is 10.1. The molecule has 0 atom stereocenters. The lowest BCUT2D eigenvalue weighted by Crippen LogP contribution is -2.02. The Morgan fingerprint density at radius 1 is 0.676 bits per heavy atom. The van der Waals surface area contributed by atoms with Gasteiger partial charge in [0.15, 0.2) is 11.6 Å². The smallest absolute Gasteiger partial charge is 0.160 e. The zero-order valence-electron chi connectivity index (χ0n) is 18.2. The third kappa shape index (κ3) is 5.13. The highest BCUT2D eigenvalue weighted by molar-refractivity contribution is 8.47. The van der Waals surface area contributed by atoms with Crippen molar-refractivity contribution in [2.45, 2.75) is 23.9 Å². The molecule has 4 aromatic rings. The van der Waals surface area contributed by atoms with Crippen LogP contribution < -0.4 is 0 Å². The Hall–Kier alpha value is -3.63. The molecule has 6 nitrogen and oxygen atoms in total. The van der Waals surface area contributed by atoms with Crippen LogP contribution in [0.5, 0.6) is 0 Å². The lowest BCUT2D eigenvalue weighted by atomic mass is 10.2. The Bertz CT molecular complexity index is 1350. The van der Waals surface area contributed by atoms with Crippen molar-refractivity contribution < 1.29 is 0 Å². The number of hydrogen-bond donors (Lipinski definition) is 0. The summed E-state index contributed by atoms with van der Waals surface area (Å²) in [6.07, 6.45) is 0. The number of benzene rings is 2. The second-order valence-electron chi connectivity index (χ2n) is 7.04. The van der Waals surface area contributed by atoms with Crippen LogP contribution in [0, 0.1) is 36.5 Å².